The number of rotatable bonds is 17. The van der Waals surface area contributed by atoms with Crippen LogP contribution in [0.15, 0.2) is 194 Å². The van der Waals surface area contributed by atoms with Gasteiger partial charge in [-0.3, -0.25) is 0 Å². The van der Waals surface area contributed by atoms with Gasteiger partial charge >= 0.3 is 0 Å². The van der Waals surface area contributed by atoms with Crippen LogP contribution in [0, 0.1) is 37.3 Å². The fraction of sp³-hybridized carbons (Fsp3) is 0.222. The lowest BCUT2D eigenvalue weighted by Crippen LogP contribution is -2.29. The molecule has 0 radical (unpaired) electrons. The Hall–Kier alpha value is -7.50. The summed E-state index contributed by atoms with van der Waals surface area (Å²) >= 11 is 0. The van der Waals surface area contributed by atoms with Gasteiger partial charge in [0.2, 0.25) is 0 Å². The maximum atomic E-state index is 16.5. The SMILES string of the molecule is Cc1ccc2c(-c3c(Cc4ccc(Cc5ccc(Cc6ccc(CC7COC7)cc6)cc5)cc4F)ccc4cc(C)ccc34)cc(Cc3ccc(Cc4ccc(Cc5ccc(CC6COC6)cc5)cc4)cc3F)cc2c1. The van der Waals surface area contributed by atoms with Gasteiger partial charge in [0.1, 0.15) is 11.6 Å². The highest BCUT2D eigenvalue weighted by Crippen LogP contribution is 2.40. The second-order valence-electron chi connectivity index (χ2n) is 22.1. The second kappa shape index (κ2) is 22.0. The number of benzene rings is 10. The van der Waals surface area contributed by atoms with Crippen LogP contribution in [0.1, 0.15) is 89.0 Å². The number of ether oxygens (including phenoxy) is 2. The zero-order valence-electron chi connectivity index (χ0n) is 43.7. The molecule has 0 N–H and O–H groups in total. The van der Waals surface area contributed by atoms with E-state index in [1.807, 2.05) is 12.1 Å². The van der Waals surface area contributed by atoms with Crippen molar-refractivity contribution in [3.8, 4) is 11.1 Å². The topological polar surface area (TPSA) is 18.5 Å². The first-order chi connectivity index (χ1) is 37.2. The van der Waals surface area contributed by atoms with Crippen LogP contribution in [0.5, 0.6) is 0 Å². The first-order valence-corrected chi connectivity index (χ1v) is 27.2. The summed E-state index contributed by atoms with van der Waals surface area (Å²) in [5.41, 5.74) is 20.0. The number of halogens is 2. The lowest BCUT2D eigenvalue weighted by molar-refractivity contribution is -0.0312. The minimum absolute atomic E-state index is 0.196. The van der Waals surface area contributed by atoms with E-state index >= 15 is 8.78 Å². The summed E-state index contributed by atoms with van der Waals surface area (Å²) in [5, 5.41) is 4.48. The summed E-state index contributed by atoms with van der Waals surface area (Å²) < 4.78 is 43.5. The Bertz CT molecular complexity index is 3680. The summed E-state index contributed by atoms with van der Waals surface area (Å²) in [7, 11) is 0. The van der Waals surface area contributed by atoms with Crippen molar-refractivity contribution in [3.05, 3.63) is 295 Å². The van der Waals surface area contributed by atoms with Crippen molar-refractivity contribution in [2.24, 2.45) is 11.8 Å². The summed E-state index contributed by atoms with van der Waals surface area (Å²) in [6.07, 6.45) is 6.11. The number of aryl methyl sites for hydroxylation is 2. The molecule has 0 spiro atoms. The highest BCUT2D eigenvalue weighted by atomic mass is 19.1. The molecule has 0 saturated carbocycles. The van der Waals surface area contributed by atoms with Crippen molar-refractivity contribution in [3.63, 3.8) is 0 Å². The van der Waals surface area contributed by atoms with Crippen LogP contribution in [-0.4, -0.2) is 26.4 Å². The summed E-state index contributed by atoms with van der Waals surface area (Å²) in [6, 6.07) is 69.0. The van der Waals surface area contributed by atoms with E-state index in [4.69, 9.17) is 9.47 Å². The first kappa shape index (κ1) is 49.4. The molecule has 0 amide bonds. The van der Waals surface area contributed by atoms with E-state index in [-0.39, 0.29) is 11.6 Å². The Morgan fingerprint density at radius 2 is 0.724 bits per heavy atom. The average Bonchev–Trinajstić information content (AvgIpc) is 3.46. The van der Waals surface area contributed by atoms with E-state index in [1.165, 1.54) is 38.9 Å². The van der Waals surface area contributed by atoms with Crippen molar-refractivity contribution < 1.29 is 18.3 Å². The highest BCUT2D eigenvalue weighted by molar-refractivity contribution is 6.07. The van der Waals surface area contributed by atoms with Crippen molar-refractivity contribution >= 4 is 21.5 Å². The van der Waals surface area contributed by atoms with E-state index in [9.17, 15) is 0 Å². The molecule has 378 valence electrons. The summed E-state index contributed by atoms with van der Waals surface area (Å²) in [4.78, 5) is 0. The van der Waals surface area contributed by atoms with E-state index in [1.54, 1.807) is 12.1 Å². The minimum Gasteiger partial charge on any atom is -0.381 e. The molecule has 0 aliphatic carbocycles. The Kier molecular flexibility index (Phi) is 14.3. The largest absolute Gasteiger partial charge is 0.381 e. The second-order valence-corrected chi connectivity index (χ2v) is 22.1. The fourth-order valence-corrected chi connectivity index (χ4v) is 11.5. The molecular formula is C72H64F2O2. The van der Waals surface area contributed by atoms with Crippen LogP contribution in [0.25, 0.3) is 32.7 Å². The Balaban J connectivity index is 0.761. The third kappa shape index (κ3) is 11.5. The Labute approximate surface area is 447 Å². The molecular weight excluding hydrogens is 935 g/mol. The van der Waals surface area contributed by atoms with Gasteiger partial charge in [0, 0.05) is 24.7 Å². The molecule has 0 bridgehead atoms. The van der Waals surface area contributed by atoms with Gasteiger partial charge in [-0.25, -0.2) is 8.78 Å². The van der Waals surface area contributed by atoms with Crippen LogP contribution in [0.4, 0.5) is 8.78 Å². The van der Waals surface area contributed by atoms with Gasteiger partial charge in [0.05, 0.1) is 26.4 Å². The lowest BCUT2D eigenvalue weighted by atomic mass is 9.85. The molecule has 4 heteroatoms. The van der Waals surface area contributed by atoms with Crippen molar-refractivity contribution in [2.75, 3.05) is 26.4 Å². The molecule has 2 nitrogen and oxygen atoms in total. The van der Waals surface area contributed by atoms with Crippen LogP contribution < -0.4 is 0 Å². The molecule has 2 heterocycles. The molecule has 10 aromatic carbocycles. The monoisotopic (exact) mass is 998 g/mol. The molecule has 0 unspecified atom stereocenters. The Morgan fingerprint density at radius 1 is 0.329 bits per heavy atom. The molecule has 2 saturated heterocycles. The minimum atomic E-state index is -0.199. The maximum absolute atomic E-state index is 16.5. The zero-order valence-corrected chi connectivity index (χ0v) is 43.7. The highest BCUT2D eigenvalue weighted by Gasteiger charge is 2.21. The van der Waals surface area contributed by atoms with Crippen molar-refractivity contribution in [1.82, 2.24) is 0 Å². The quantitative estimate of drug-likeness (QED) is 0.0905. The molecule has 2 fully saturated rings. The van der Waals surface area contributed by atoms with E-state index in [0.29, 0.717) is 48.6 Å². The predicted molar refractivity (Wildman–Crippen MR) is 308 cm³/mol. The zero-order chi connectivity index (χ0) is 51.5. The summed E-state index contributed by atoms with van der Waals surface area (Å²) in [6.45, 7) is 7.74. The fourth-order valence-electron chi connectivity index (χ4n) is 11.5. The van der Waals surface area contributed by atoms with Crippen LogP contribution in [0.3, 0.4) is 0 Å². The van der Waals surface area contributed by atoms with Crippen molar-refractivity contribution in [1.29, 1.82) is 0 Å². The van der Waals surface area contributed by atoms with Crippen molar-refractivity contribution in [2.45, 2.75) is 65.2 Å². The molecule has 12 rings (SSSR count). The van der Waals surface area contributed by atoms with E-state index < -0.39 is 0 Å². The predicted octanol–water partition coefficient (Wildman–Crippen LogP) is 16.5. The van der Waals surface area contributed by atoms with Gasteiger partial charge in [-0.2, -0.15) is 0 Å². The molecule has 0 aromatic heterocycles. The molecule has 2 aliphatic heterocycles. The molecule has 10 aromatic rings. The molecule has 0 atom stereocenters. The number of fused-ring (bicyclic) bond motifs is 2. The third-order valence-electron chi connectivity index (χ3n) is 15.9. The van der Waals surface area contributed by atoms with Crippen LogP contribution in [-0.2, 0) is 60.8 Å². The normalized spacial score (nSPS) is 13.8. The van der Waals surface area contributed by atoms with Gasteiger partial charge in [-0.15, -0.1) is 0 Å². The standard InChI is InChI=1S/C72H64F2O2/c1-47-4-28-68-62(29-47)25-26-65(42-64-24-22-58(41-71(64)74)34-54-15-7-50(8-16-54)32-52-11-19-56(20-12-52)36-61-45-76-46-61)72(68)69-39-59(38-66-30-48(2)3-27-67(66)69)37-63-23-21-57(40-70(63)73)33-53-13-5-49(6-14-53)31-51-9-17-55(18-10-51)35-60-43-75-44-60/h3-30,38-41,60-61H,31-37,42-46H2,1-2H3. The van der Waals surface area contributed by atoms with Gasteiger partial charge in [-0.1, -0.05) is 193 Å². The van der Waals surface area contributed by atoms with Crippen LogP contribution in [0.2, 0.25) is 0 Å². The number of hydrogen-bond donors (Lipinski definition) is 0. The molecule has 76 heavy (non-hydrogen) atoms. The van der Waals surface area contributed by atoms with E-state index in [2.05, 4.69) is 184 Å². The number of hydrogen-bond acceptors (Lipinski definition) is 2. The Morgan fingerprint density at radius 3 is 1.17 bits per heavy atom. The maximum Gasteiger partial charge on any atom is 0.127 e. The lowest BCUT2D eigenvalue weighted by Gasteiger charge is -2.25. The van der Waals surface area contributed by atoms with Crippen LogP contribution >= 0.6 is 0 Å². The van der Waals surface area contributed by atoms with E-state index in [0.717, 1.165) is 124 Å². The third-order valence-corrected chi connectivity index (χ3v) is 15.9. The van der Waals surface area contributed by atoms with Gasteiger partial charge in [0.25, 0.3) is 0 Å². The smallest absolute Gasteiger partial charge is 0.127 e. The van der Waals surface area contributed by atoms with Gasteiger partial charge in [-0.05, 0) is 175 Å². The van der Waals surface area contributed by atoms with Gasteiger partial charge in [0.15, 0.2) is 0 Å². The molecule has 2 aliphatic rings. The summed E-state index contributed by atoms with van der Waals surface area (Å²) in [5.74, 6) is 0.913. The van der Waals surface area contributed by atoms with Gasteiger partial charge < -0.3 is 9.47 Å². The first-order valence-electron chi connectivity index (χ1n) is 27.2. The average molecular weight is 999 g/mol.